The highest BCUT2D eigenvalue weighted by Gasteiger charge is 2.14. The zero-order chi connectivity index (χ0) is 14.7. The molecule has 106 valence electrons. The highest BCUT2D eigenvalue weighted by Crippen LogP contribution is 2.27. The van der Waals surface area contributed by atoms with Gasteiger partial charge in [-0.05, 0) is 36.6 Å². The number of nitrogen functional groups attached to an aromatic ring is 1. The summed E-state index contributed by atoms with van der Waals surface area (Å²) in [6.07, 6.45) is 4.75. The van der Waals surface area contributed by atoms with Crippen molar-refractivity contribution in [3.05, 3.63) is 35.7 Å². The molecule has 0 saturated heterocycles. The normalized spacial score (nSPS) is 10.6. The molecule has 2 aromatic rings. The van der Waals surface area contributed by atoms with E-state index in [9.17, 15) is 4.79 Å². The van der Waals surface area contributed by atoms with Gasteiger partial charge in [0.15, 0.2) is 0 Å². The minimum absolute atomic E-state index is 0.378. The van der Waals surface area contributed by atoms with Crippen LogP contribution in [0.25, 0.3) is 11.1 Å². The molecule has 0 bridgehead atoms. The highest BCUT2D eigenvalue weighted by molar-refractivity contribution is 5.94. The number of esters is 1. The van der Waals surface area contributed by atoms with Crippen LogP contribution in [-0.4, -0.2) is 22.9 Å². The molecule has 20 heavy (non-hydrogen) atoms. The molecule has 0 aliphatic heterocycles. The van der Waals surface area contributed by atoms with E-state index in [0.29, 0.717) is 11.3 Å². The second-order valence-electron chi connectivity index (χ2n) is 4.72. The van der Waals surface area contributed by atoms with E-state index in [-0.39, 0.29) is 5.97 Å². The molecule has 0 saturated carbocycles. The summed E-state index contributed by atoms with van der Waals surface area (Å²) < 4.78 is 6.67. The fraction of sp³-hybridized carbons (Fsp3) is 0.333. The number of nitrogens with zero attached hydrogens (tertiary/aromatic N) is 2. The van der Waals surface area contributed by atoms with Gasteiger partial charge >= 0.3 is 5.97 Å². The SMILES string of the molecule is CCCn1cc(-c2cc(N)c(C)c(C(=O)OC)c2)cn1. The number of carbonyl (C=O) groups excluding carboxylic acids is 1. The van der Waals surface area contributed by atoms with Gasteiger partial charge in [0, 0.05) is 24.0 Å². The van der Waals surface area contributed by atoms with Crippen molar-refractivity contribution in [2.75, 3.05) is 12.8 Å². The molecule has 0 spiro atoms. The van der Waals surface area contributed by atoms with E-state index in [2.05, 4.69) is 12.0 Å². The first-order valence-corrected chi connectivity index (χ1v) is 6.58. The van der Waals surface area contributed by atoms with Crippen molar-refractivity contribution in [3.8, 4) is 11.1 Å². The number of nitrogens with two attached hydrogens (primary N) is 1. The number of methoxy groups -OCH3 is 1. The summed E-state index contributed by atoms with van der Waals surface area (Å²) in [7, 11) is 1.36. The predicted molar refractivity (Wildman–Crippen MR) is 78.4 cm³/mol. The minimum Gasteiger partial charge on any atom is -0.465 e. The Bertz CT molecular complexity index is 632. The standard InChI is InChI=1S/C15H19N3O2/c1-4-5-18-9-12(8-17-18)11-6-13(15(19)20-3)10(2)14(16)7-11/h6-9H,4-5,16H2,1-3H3. The van der Waals surface area contributed by atoms with Crippen LogP contribution < -0.4 is 5.73 Å². The van der Waals surface area contributed by atoms with Gasteiger partial charge in [0.05, 0.1) is 18.9 Å². The zero-order valence-corrected chi connectivity index (χ0v) is 12.0. The summed E-state index contributed by atoms with van der Waals surface area (Å²) >= 11 is 0. The second kappa shape index (κ2) is 5.77. The van der Waals surface area contributed by atoms with Crippen LogP contribution in [0.4, 0.5) is 5.69 Å². The van der Waals surface area contributed by atoms with Crippen molar-refractivity contribution >= 4 is 11.7 Å². The largest absolute Gasteiger partial charge is 0.465 e. The first kappa shape index (κ1) is 14.1. The van der Waals surface area contributed by atoms with Gasteiger partial charge in [-0.2, -0.15) is 5.10 Å². The third-order valence-corrected chi connectivity index (χ3v) is 3.27. The maximum atomic E-state index is 11.8. The van der Waals surface area contributed by atoms with Crippen LogP contribution in [0.2, 0.25) is 0 Å². The monoisotopic (exact) mass is 273 g/mol. The molecule has 0 fully saturated rings. The van der Waals surface area contributed by atoms with Crippen molar-refractivity contribution in [2.45, 2.75) is 26.8 Å². The molecule has 0 radical (unpaired) electrons. The van der Waals surface area contributed by atoms with Gasteiger partial charge in [0.1, 0.15) is 0 Å². The van der Waals surface area contributed by atoms with Gasteiger partial charge in [-0.15, -0.1) is 0 Å². The fourth-order valence-corrected chi connectivity index (χ4v) is 2.09. The van der Waals surface area contributed by atoms with Gasteiger partial charge in [-0.1, -0.05) is 6.92 Å². The van der Waals surface area contributed by atoms with E-state index in [1.807, 2.05) is 23.9 Å². The summed E-state index contributed by atoms with van der Waals surface area (Å²) in [5.41, 5.74) is 9.60. The molecule has 5 heteroatoms. The molecule has 2 N–H and O–H groups in total. The maximum Gasteiger partial charge on any atom is 0.338 e. The summed E-state index contributed by atoms with van der Waals surface area (Å²) in [6.45, 7) is 4.78. The van der Waals surface area contributed by atoms with Crippen LogP contribution in [-0.2, 0) is 11.3 Å². The van der Waals surface area contributed by atoms with Crippen LogP contribution >= 0.6 is 0 Å². The Morgan fingerprint density at radius 2 is 2.15 bits per heavy atom. The van der Waals surface area contributed by atoms with Crippen LogP contribution in [0, 0.1) is 6.92 Å². The van der Waals surface area contributed by atoms with Gasteiger partial charge in [-0.3, -0.25) is 4.68 Å². The van der Waals surface area contributed by atoms with E-state index in [0.717, 1.165) is 29.7 Å². The Labute approximate surface area is 118 Å². The maximum absolute atomic E-state index is 11.8. The Kier molecular flexibility index (Phi) is 4.08. The lowest BCUT2D eigenvalue weighted by Gasteiger charge is -2.09. The summed E-state index contributed by atoms with van der Waals surface area (Å²) in [6, 6.07) is 3.65. The summed E-state index contributed by atoms with van der Waals surface area (Å²) in [5, 5.41) is 4.29. The van der Waals surface area contributed by atoms with Crippen molar-refractivity contribution < 1.29 is 9.53 Å². The van der Waals surface area contributed by atoms with Crippen LogP contribution in [0.1, 0.15) is 29.3 Å². The zero-order valence-electron chi connectivity index (χ0n) is 12.0. The molecule has 2 rings (SSSR count). The Balaban J connectivity index is 2.46. The van der Waals surface area contributed by atoms with E-state index in [4.69, 9.17) is 10.5 Å². The fourth-order valence-electron chi connectivity index (χ4n) is 2.09. The quantitative estimate of drug-likeness (QED) is 0.686. The first-order chi connectivity index (χ1) is 9.56. The average Bonchev–Trinajstić information content (AvgIpc) is 2.90. The van der Waals surface area contributed by atoms with E-state index < -0.39 is 0 Å². The Hall–Kier alpha value is -2.30. The van der Waals surface area contributed by atoms with Crippen LogP contribution in [0.15, 0.2) is 24.5 Å². The number of hydrogen-bond donors (Lipinski definition) is 1. The lowest BCUT2D eigenvalue weighted by molar-refractivity contribution is 0.0600. The van der Waals surface area contributed by atoms with E-state index in [1.165, 1.54) is 7.11 Å². The molecule has 5 nitrogen and oxygen atoms in total. The lowest BCUT2D eigenvalue weighted by atomic mass is 10.00. The molecular formula is C15H19N3O2. The number of benzene rings is 1. The van der Waals surface area contributed by atoms with Gasteiger partial charge in [0.2, 0.25) is 0 Å². The number of aromatic nitrogens is 2. The minimum atomic E-state index is -0.378. The molecular weight excluding hydrogens is 254 g/mol. The van der Waals surface area contributed by atoms with Gasteiger partial charge in [0.25, 0.3) is 0 Å². The van der Waals surface area contributed by atoms with Crippen molar-refractivity contribution in [3.63, 3.8) is 0 Å². The molecule has 0 unspecified atom stereocenters. The molecule has 1 heterocycles. The first-order valence-electron chi connectivity index (χ1n) is 6.58. The Morgan fingerprint density at radius 1 is 1.40 bits per heavy atom. The Morgan fingerprint density at radius 3 is 2.80 bits per heavy atom. The average molecular weight is 273 g/mol. The number of aryl methyl sites for hydroxylation is 1. The molecule has 1 aromatic heterocycles. The predicted octanol–water partition coefficient (Wildman–Crippen LogP) is 2.64. The van der Waals surface area contributed by atoms with Crippen molar-refractivity contribution in [1.82, 2.24) is 9.78 Å². The van der Waals surface area contributed by atoms with Gasteiger partial charge in [-0.25, -0.2) is 4.79 Å². The van der Waals surface area contributed by atoms with E-state index >= 15 is 0 Å². The van der Waals surface area contributed by atoms with Crippen molar-refractivity contribution in [2.24, 2.45) is 0 Å². The topological polar surface area (TPSA) is 70.1 Å². The molecule has 0 aliphatic carbocycles. The second-order valence-corrected chi connectivity index (χ2v) is 4.72. The third-order valence-electron chi connectivity index (χ3n) is 3.27. The molecule has 0 atom stereocenters. The highest BCUT2D eigenvalue weighted by atomic mass is 16.5. The van der Waals surface area contributed by atoms with Crippen molar-refractivity contribution in [1.29, 1.82) is 0 Å². The molecule has 0 aliphatic rings. The van der Waals surface area contributed by atoms with E-state index in [1.54, 1.807) is 12.3 Å². The smallest absolute Gasteiger partial charge is 0.338 e. The van der Waals surface area contributed by atoms with Crippen LogP contribution in [0.5, 0.6) is 0 Å². The number of anilines is 1. The van der Waals surface area contributed by atoms with Crippen LogP contribution in [0.3, 0.4) is 0 Å². The number of hydrogen-bond acceptors (Lipinski definition) is 4. The summed E-state index contributed by atoms with van der Waals surface area (Å²) in [4.78, 5) is 11.8. The lowest BCUT2D eigenvalue weighted by Crippen LogP contribution is -2.06. The number of rotatable bonds is 4. The number of carbonyl (C=O) groups is 1. The molecule has 0 amide bonds. The molecule has 1 aromatic carbocycles. The number of ether oxygens (including phenoxy) is 1. The third kappa shape index (κ3) is 2.66. The summed E-state index contributed by atoms with van der Waals surface area (Å²) in [5.74, 6) is -0.378. The van der Waals surface area contributed by atoms with Gasteiger partial charge < -0.3 is 10.5 Å².